The first-order valence-electron chi connectivity index (χ1n) is 11.9. The van der Waals surface area contributed by atoms with Crippen LogP contribution in [0.1, 0.15) is 63.0 Å². The molecule has 1 saturated heterocycles. The van der Waals surface area contributed by atoms with Crippen LogP contribution >= 0.6 is 0 Å². The summed E-state index contributed by atoms with van der Waals surface area (Å²) in [6.45, 7) is 4.45. The number of rotatable bonds is 8. The van der Waals surface area contributed by atoms with E-state index in [-0.39, 0.29) is 37.3 Å². The van der Waals surface area contributed by atoms with Crippen molar-refractivity contribution in [2.75, 3.05) is 13.2 Å². The van der Waals surface area contributed by atoms with Gasteiger partial charge in [0.25, 0.3) is 0 Å². The van der Waals surface area contributed by atoms with Gasteiger partial charge >= 0.3 is 12.1 Å². The molecule has 0 aromatic heterocycles. The van der Waals surface area contributed by atoms with Crippen molar-refractivity contribution in [1.29, 1.82) is 0 Å². The Bertz CT molecular complexity index is 1030. The number of ether oxygens (including phenoxy) is 1. The highest BCUT2D eigenvalue weighted by molar-refractivity contribution is 5.80. The number of carboxylic acids is 1. The Hall–Kier alpha value is -3.35. The topological polar surface area (TPSA) is 95.9 Å². The average molecular weight is 465 g/mol. The van der Waals surface area contributed by atoms with Gasteiger partial charge < -0.3 is 20.1 Å². The van der Waals surface area contributed by atoms with Crippen LogP contribution in [0.3, 0.4) is 0 Å². The van der Waals surface area contributed by atoms with Crippen molar-refractivity contribution in [1.82, 2.24) is 10.2 Å². The molecule has 1 unspecified atom stereocenters. The van der Waals surface area contributed by atoms with E-state index in [9.17, 15) is 14.4 Å². The zero-order valence-electron chi connectivity index (χ0n) is 19.8. The van der Waals surface area contributed by atoms with Crippen LogP contribution in [0.4, 0.5) is 4.79 Å². The van der Waals surface area contributed by atoms with Crippen molar-refractivity contribution in [3.63, 3.8) is 0 Å². The van der Waals surface area contributed by atoms with E-state index in [1.54, 1.807) is 18.7 Å². The molecule has 0 spiro atoms. The van der Waals surface area contributed by atoms with Crippen molar-refractivity contribution >= 4 is 18.0 Å². The molecule has 0 radical (unpaired) electrons. The van der Waals surface area contributed by atoms with Gasteiger partial charge in [0, 0.05) is 36.9 Å². The van der Waals surface area contributed by atoms with E-state index in [1.165, 1.54) is 11.1 Å². The second kappa shape index (κ2) is 9.87. The monoisotopic (exact) mass is 464 g/mol. The molecule has 1 atom stereocenters. The van der Waals surface area contributed by atoms with Crippen LogP contribution in [0.25, 0.3) is 11.1 Å². The second-order valence-corrected chi connectivity index (χ2v) is 9.83. The number of hydrogen-bond acceptors (Lipinski definition) is 4. The molecule has 7 nitrogen and oxygen atoms in total. The number of nitrogens with one attached hydrogen (secondary N) is 1. The normalized spacial score (nSPS) is 17.2. The fourth-order valence-corrected chi connectivity index (χ4v) is 5.19. The lowest BCUT2D eigenvalue weighted by molar-refractivity contribution is -0.139. The Morgan fingerprint density at radius 2 is 1.68 bits per heavy atom. The Labute approximate surface area is 200 Å². The first-order chi connectivity index (χ1) is 16.2. The maximum absolute atomic E-state index is 12.9. The summed E-state index contributed by atoms with van der Waals surface area (Å²) in [4.78, 5) is 38.3. The summed E-state index contributed by atoms with van der Waals surface area (Å²) in [5.41, 5.74) is 3.83. The van der Waals surface area contributed by atoms with Gasteiger partial charge in [-0.05, 0) is 55.4 Å². The molecule has 1 fully saturated rings. The first kappa shape index (κ1) is 23.8. The van der Waals surface area contributed by atoms with E-state index in [2.05, 4.69) is 29.6 Å². The third kappa shape index (κ3) is 5.24. The van der Waals surface area contributed by atoms with E-state index in [0.717, 1.165) is 24.0 Å². The number of aliphatic carboxylic acids is 1. The highest BCUT2D eigenvalue weighted by Gasteiger charge is 2.34. The number of fused-ring (bicyclic) bond motifs is 3. The fourth-order valence-electron chi connectivity index (χ4n) is 5.19. The van der Waals surface area contributed by atoms with Crippen LogP contribution in [0.15, 0.2) is 48.5 Å². The number of likely N-dealkylation sites (tertiary alicyclic amines) is 1. The SMILES string of the molecule is CC(C)(CC(=O)N1CCCC1CCC(=O)O)NC(=O)OCC1c2ccccc2-c2ccccc21. The van der Waals surface area contributed by atoms with Gasteiger partial charge in [0.05, 0.1) is 0 Å². The Morgan fingerprint density at radius 3 is 2.29 bits per heavy atom. The van der Waals surface area contributed by atoms with E-state index < -0.39 is 17.6 Å². The maximum atomic E-state index is 12.9. The lowest BCUT2D eigenvalue weighted by Gasteiger charge is -2.30. The van der Waals surface area contributed by atoms with Crippen molar-refractivity contribution in [2.24, 2.45) is 0 Å². The summed E-state index contributed by atoms with van der Waals surface area (Å²) in [7, 11) is 0. The van der Waals surface area contributed by atoms with Gasteiger partial charge in [-0.15, -0.1) is 0 Å². The quantitative estimate of drug-likeness (QED) is 0.598. The lowest BCUT2D eigenvalue weighted by atomic mass is 9.98. The molecule has 0 bridgehead atoms. The lowest BCUT2D eigenvalue weighted by Crippen LogP contribution is -2.48. The number of benzene rings is 2. The molecule has 1 aliphatic heterocycles. The van der Waals surface area contributed by atoms with Crippen LogP contribution in [0, 0.1) is 0 Å². The highest BCUT2D eigenvalue weighted by Crippen LogP contribution is 2.44. The average Bonchev–Trinajstić information content (AvgIpc) is 3.38. The minimum Gasteiger partial charge on any atom is -0.481 e. The number of carbonyl (C=O) groups is 3. The molecule has 2 amide bonds. The smallest absolute Gasteiger partial charge is 0.407 e. The van der Waals surface area contributed by atoms with Gasteiger partial charge in [-0.3, -0.25) is 9.59 Å². The molecule has 2 aromatic rings. The van der Waals surface area contributed by atoms with Gasteiger partial charge in [-0.2, -0.15) is 0 Å². The van der Waals surface area contributed by atoms with E-state index in [4.69, 9.17) is 9.84 Å². The Morgan fingerprint density at radius 1 is 1.06 bits per heavy atom. The molecular formula is C27H32N2O5. The minimum atomic E-state index is -0.850. The molecule has 4 rings (SSSR count). The van der Waals surface area contributed by atoms with Crippen LogP contribution in [-0.2, 0) is 14.3 Å². The van der Waals surface area contributed by atoms with Gasteiger partial charge in [0.2, 0.25) is 5.91 Å². The third-order valence-electron chi connectivity index (χ3n) is 6.77. The summed E-state index contributed by atoms with van der Waals surface area (Å²) in [5.74, 6) is -0.948. The van der Waals surface area contributed by atoms with Gasteiger partial charge in [0.1, 0.15) is 6.61 Å². The highest BCUT2D eigenvalue weighted by atomic mass is 16.5. The van der Waals surface area contributed by atoms with Crippen LogP contribution < -0.4 is 5.32 Å². The van der Waals surface area contributed by atoms with Crippen LogP contribution in [0.2, 0.25) is 0 Å². The molecule has 2 aliphatic rings. The van der Waals surface area contributed by atoms with Crippen LogP contribution in [-0.4, -0.2) is 52.7 Å². The number of carbonyl (C=O) groups excluding carboxylic acids is 2. The third-order valence-corrected chi connectivity index (χ3v) is 6.77. The number of hydrogen-bond donors (Lipinski definition) is 2. The summed E-state index contributed by atoms with van der Waals surface area (Å²) in [5, 5.41) is 11.8. The van der Waals surface area contributed by atoms with Gasteiger partial charge in [-0.25, -0.2) is 4.79 Å². The number of alkyl carbamates (subject to hydrolysis) is 1. The molecule has 180 valence electrons. The Kier molecular flexibility index (Phi) is 6.91. The maximum Gasteiger partial charge on any atom is 0.407 e. The van der Waals surface area contributed by atoms with E-state index in [0.29, 0.717) is 13.0 Å². The zero-order chi connectivity index (χ0) is 24.3. The molecule has 0 saturated carbocycles. The summed E-state index contributed by atoms with van der Waals surface area (Å²) >= 11 is 0. The van der Waals surface area contributed by atoms with Crippen LogP contribution in [0.5, 0.6) is 0 Å². The summed E-state index contributed by atoms with van der Waals surface area (Å²) in [6, 6.07) is 16.3. The van der Waals surface area contributed by atoms with Crippen molar-refractivity contribution in [3.8, 4) is 11.1 Å². The Balaban J connectivity index is 1.33. The molecule has 1 aliphatic carbocycles. The van der Waals surface area contributed by atoms with Gasteiger partial charge in [-0.1, -0.05) is 48.5 Å². The second-order valence-electron chi connectivity index (χ2n) is 9.83. The molecular weight excluding hydrogens is 432 g/mol. The largest absolute Gasteiger partial charge is 0.481 e. The molecule has 34 heavy (non-hydrogen) atoms. The predicted octanol–water partition coefficient (Wildman–Crippen LogP) is 4.55. The van der Waals surface area contributed by atoms with E-state index in [1.807, 2.05) is 24.3 Å². The number of nitrogens with zero attached hydrogens (tertiary/aromatic N) is 1. The number of amides is 2. The molecule has 2 N–H and O–H groups in total. The van der Waals surface area contributed by atoms with Gasteiger partial charge in [0.15, 0.2) is 0 Å². The first-order valence-corrected chi connectivity index (χ1v) is 11.9. The summed E-state index contributed by atoms with van der Waals surface area (Å²) < 4.78 is 5.63. The summed E-state index contributed by atoms with van der Waals surface area (Å²) in [6.07, 6.45) is 1.77. The molecule has 7 heteroatoms. The van der Waals surface area contributed by atoms with Crippen molar-refractivity contribution in [2.45, 2.75) is 63.5 Å². The van der Waals surface area contributed by atoms with Crippen molar-refractivity contribution < 1.29 is 24.2 Å². The zero-order valence-corrected chi connectivity index (χ0v) is 19.8. The standard InChI is InChI=1S/C27H32N2O5/c1-27(2,16-24(30)29-15-7-8-18(29)13-14-25(31)32)28-26(33)34-17-23-21-11-5-3-9-19(21)20-10-4-6-12-22(20)23/h3-6,9-12,18,23H,7-8,13-17H2,1-2H3,(H,28,33)(H,31,32). The molecule has 1 heterocycles. The fraction of sp³-hybridized carbons (Fsp3) is 0.444. The molecule has 2 aromatic carbocycles. The van der Waals surface area contributed by atoms with Crippen molar-refractivity contribution in [3.05, 3.63) is 59.7 Å². The number of carboxylic acid groups (broad SMARTS) is 1. The minimum absolute atomic E-state index is 0.0255. The van der Waals surface area contributed by atoms with E-state index >= 15 is 0 Å². The predicted molar refractivity (Wildman–Crippen MR) is 129 cm³/mol.